The van der Waals surface area contributed by atoms with E-state index in [9.17, 15) is 19.5 Å². The van der Waals surface area contributed by atoms with E-state index < -0.39 is 41.2 Å². The lowest BCUT2D eigenvalue weighted by molar-refractivity contribution is -0.151. The topological polar surface area (TPSA) is 109 Å². The molecule has 4 unspecified atom stereocenters. The van der Waals surface area contributed by atoms with Crippen LogP contribution in [-0.4, -0.2) is 28.4 Å². The summed E-state index contributed by atoms with van der Waals surface area (Å²) < 4.78 is 5.32. The summed E-state index contributed by atoms with van der Waals surface area (Å²) in [6.07, 6.45) is 1.46. The molecule has 1 aromatic heterocycles. The molecule has 0 radical (unpaired) electrons. The van der Waals surface area contributed by atoms with Crippen molar-refractivity contribution in [1.29, 1.82) is 0 Å². The fourth-order valence-corrected chi connectivity index (χ4v) is 3.55. The van der Waals surface area contributed by atoms with E-state index >= 15 is 0 Å². The predicted octanol–water partition coefficient (Wildman–Crippen LogP) is 0.292. The Morgan fingerprint density at radius 2 is 2.10 bits per heavy atom. The van der Waals surface area contributed by atoms with E-state index in [4.69, 9.17) is 4.42 Å². The second kappa shape index (κ2) is 4.42. The molecular weight excluding hydrogens is 276 g/mol. The average molecular weight is 292 g/mol. The fourth-order valence-electron chi connectivity index (χ4n) is 3.55. The molecule has 0 aromatic carbocycles. The quantitative estimate of drug-likeness (QED) is 0.691. The summed E-state index contributed by atoms with van der Waals surface area (Å²) in [7, 11) is 0. The molecule has 1 aromatic rings. The second-order valence-corrected chi connectivity index (χ2v) is 5.82. The zero-order valence-electron chi connectivity index (χ0n) is 11.6. The van der Waals surface area contributed by atoms with Crippen LogP contribution in [0.15, 0.2) is 22.8 Å². The van der Waals surface area contributed by atoms with Gasteiger partial charge in [0.05, 0.1) is 24.1 Å². The van der Waals surface area contributed by atoms with E-state index in [1.807, 2.05) is 0 Å². The van der Waals surface area contributed by atoms with Crippen LogP contribution >= 0.6 is 0 Å². The molecule has 7 nitrogen and oxygen atoms in total. The van der Waals surface area contributed by atoms with E-state index in [0.717, 1.165) is 0 Å². The first-order valence-corrected chi connectivity index (χ1v) is 6.78. The van der Waals surface area contributed by atoms with Gasteiger partial charge in [0.2, 0.25) is 11.8 Å². The van der Waals surface area contributed by atoms with Crippen molar-refractivity contribution in [3.63, 3.8) is 0 Å². The smallest absolute Gasteiger partial charge is 0.325 e. The summed E-state index contributed by atoms with van der Waals surface area (Å²) in [4.78, 5) is 36.1. The third-order valence-corrected chi connectivity index (χ3v) is 4.55. The highest BCUT2D eigenvalue weighted by atomic mass is 16.4. The number of aliphatic carboxylic acids is 1. The molecule has 2 aliphatic rings. The Labute approximate surface area is 120 Å². The molecule has 0 spiro atoms. The molecule has 3 heterocycles. The molecule has 3 N–H and O–H groups in total. The van der Waals surface area contributed by atoms with Gasteiger partial charge in [0.25, 0.3) is 0 Å². The number of fused-ring (bicyclic) bond motifs is 1. The molecule has 4 atom stereocenters. The molecule has 0 saturated carbocycles. The van der Waals surface area contributed by atoms with Crippen LogP contribution in [0.25, 0.3) is 0 Å². The van der Waals surface area contributed by atoms with Crippen molar-refractivity contribution in [1.82, 2.24) is 10.6 Å². The lowest BCUT2D eigenvalue weighted by Crippen LogP contribution is -2.59. The Kier molecular flexibility index (Phi) is 2.91. The van der Waals surface area contributed by atoms with Crippen molar-refractivity contribution in [3.05, 3.63) is 24.2 Å². The molecule has 7 heteroatoms. The van der Waals surface area contributed by atoms with E-state index in [2.05, 4.69) is 10.6 Å². The summed E-state index contributed by atoms with van der Waals surface area (Å²) in [6, 6.07) is 2.70. The van der Waals surface area contributed by atoms with Crippen molar-refractivity contribution in [2.75, 3.05) is 0 Å². The maximum Gasteiger partial charge on any atom is 0.325 e. The van der Waals surface area contributed by atoms with Gasteiger partial charge >= 0.3 is 5.97 Å². The first-order valence-electron chi connectivity index (χ1n) is 6.78. The van der Waals surface area contributed by atoms with Gasteiger partial charge in [-0.25, -0.2) is 0 Å². The molecular formula is C14H16N2O5. The van der Waals surface area contributed by atoms with Crippen molar-refractivity contribution in [2.24, 2.45) is 17.8 Å². The Bertz CT molecular complexity index is 609. The third kappa shape index (κ3) is 1.67. The Morgan fingerprint density at radius 3 is 2.62 bits per heavy atom. The largest absolute Gasteiger partial charge is 0.480 e. The van der Waals surface area contributed by atoms with Gasteiger partial charge in [0.15, 0.2) is 0 Å². The maximum atomic E-state index is 12.1. The van der Waals surface area contributed by atoms with Crippen molar-refractivity contribution in [3.8, 4) is 0 Å². The van der Waals surface area contributed by atoms with Crippen LogP contribution in [-0.2, 0) is 14.4 Å². The lowest BCUT2D eigenvalue weighted by atomic mass is 9.73. The van der Waals surface area contributed by atoms with Gasteiger partial charge in [0.1, 0.15) is 11.3 Å². The summed E-state index contributed by atoms with van der Waals surface area (Å²) in [5, 5.41) is 15.0. The van der Waals surface area contributed by atoms with Gasteiger partial charge < -0.3 is 9.52 Å². The number of nitrogens with one attached hydrogen (secondary N) is 2. The average Bonchev–Trinajstić information content (AvgIpc) is 3.08. The molecule has 0 bridgehead atoms. The third-order valence-electron chi connectivity index (χ3n) is 4.55. The minimum atomic E-state index is -1.49. The van der Waals surface area contributed by atoms with Crippen LogP contribution in [0.1, 0.15) is 25.6 Å². The van der Waals surface area contributed by atoms with E-state index in [0.29, 0.717) is 5.76 Å². The number of carboxylic acids is 1. The number of furan rings is 1. The number of hydrogen-bond donors (Lipinski definition) is 3. The zero-order chi connectivity index (χ0) is 15.4. The molecule has 21 heavy (non-hydrogen) atoms. The number of carboxylic acid groups (broad SMARTS) is 1. The van der Waals surface area contributed by atoms with Crippen LogP contribution in [0.5, 0.6) is 0 Å². The van der Waals surface area contributed by atoms with Gasteiger partial charge in [0, 0.05) is 0 Å². The second-order valence-electron chi connectivity index (χ2n) is 5.82. The Morgan fingerprint density at radius 1 is 1.38 bits per heavy atom. The standard InChI is InChI=1S/C14H16N2O5/c1-6(2)14(13(19)20)9-8(11(17)15-12(9)18)10(16-14)7-4-3-5-21-7/h3-6,8-10,16H,1-2H3,(H,19,20)(H,15,17,18). The number of amides is 2. The maximum absolute atomic E-state index is 12.1. The van der Waals surface area contributed by atoms with Crippen molar-refractivity contribution >= 4 is 17.8 Å². The summed E-state index contributed by atoms with van der Waals surface area (Å²) in [5.41, 5.74) is -1.49. The number of rotatable bonds is 3. The molecule has 2 fully saturated rings. The molecule has 112 valence electrons. The van der Waals surface area contributed by atoms with Crippen LogP contribution in [0.4, 0.5) is 0 Å². The molecule has 2 aliphatic heterocycles. The zero-order valence-corrected chi connectivity index (χ0v) is 11.6. The number of carbonyl (C=O) groups is 3. The van der Waals surface area contributed by atoms with Crippen molar-refractivity contribution in [2.45, 2.75) is 25.4 Å². The molecule has 0 aliphatic carbocycles. The summed E-state index contributed by atoms with van der Waals surface area (Å²) in [6.45, 7) is 3.44. The SMILES string of the molecule is CC(C)C1(C(=O)O)NC(c2ccco2)C2C(=O)NC(=O)C21. The van der Waals surface area contributed by atoms with E-state index in [1.54, 1.807) is 26.0 Å². The monoisotopic (exact) mass is 292 g/mol. The lowest BCUT2D eigenvalue weighted by Gasteiger charge is -2.33. The van der Waals surface area contributed by atoms with Gasteiger partial charge in [-0.2, -0.15) is 0 Å². The number of hydrogen-bond acceptors (Lipinski definition) is 5. The number of imide groups is 1. The number of carbonyl (C=O) groups excluding carboxylic acids is 2. The van der Waals surface area contributed by atoms with E-state index in [1.165, 1.54) is 6.26 Å². The highest BCUT2D eigenvalue weighted by molar-refractivity contribution is 6.09. The Hall–Kier alpha value is -2.15. The predicted molar refractivity (Wildman–Crippen MR) is 69.9 cm³/mol. The minimum absolute atomic E-state index is 0.376. The minimum Gasteiger partial charge on any atom is -0.480 e. The fraction of sp³-hybridized carbons (Fsp3) is 0.500. The van der Waals surface area contributed by atoms with Crippen LogP contribution in [0, 0.1) is 17.8 Å². The normalized spacial score (nSPS) is 35.1. The van der Waals surface area contributed by atoms with Crippen LogP contribution < -0.4 is 10.6 Å². The van der Waals surface area contributed by atoms with Gasteiger partial charge in [-0.3, -0.25) is 25.0 Å². The van der Waals surface area contributed by atoms with Gasteiger partial charge in [-0.15, -0.1) is 0 Å². The Balaban J connectivity index is 2.14. The molecule has 2 amide bonds. The summed E-state index contributed by atoms with van der Waals surface area (Å²) >= 11 is 0. The highest BCUT2D eigenvalue weighted by Crippen LogP contribution is 2.49. The molecule has 2 saturated heterocycles. The van der Waals surface area contributed by atoms with Gasteiger partial charge in [-0.05, 0) is 18.1 Å². The van der Waals surface area contributed by atoms with Crippen LogP contribution in [0.2, 0.25) is 0 Å². The van der Waals surface area contributed by atoms with E-state index in [-0.39, 0.29) is 5.92 Å². The van der Waals surface area contributed by atoms with Gasteiger partial charge in [-0.1, -0.05) is 13.8 Å². The first kappa shape index (κ1) is 13.8. The first-order chi connectivity index (χ1) is 9.89. The molecule has 3 rings (SSSR count). The van der Waals surface area contributed by atoms with Crippen molar-refractivity contribution < 1.29 is 23.9 Å². The summed E-state index contributed by atoms with van der Waals surface area (Å²) in [5.74, 6) is -3.77. The van der Waals surface area contributed by atoms with Crippen LogP contribution in [0.3, 0.4) is 0 Å². The highest BCUT2D eigenvalue weighted by Gasteiger charge is 2.68.